The summed E-state index contributed by atoms with van der Waals surface area (Å²) < 4.78 is 11.1. The molecule has 1 saturated heterocycles. The van der Waals surface area contributed by atoms with Gasteiger partial charge in [0.2, 0.25) is 0 Å². The average molecular weight is 298 g/mol. The van der Waals surface area contributed by atoms with Gasteiger partial charge < -0.3 is 14.8 Å². The number of carbonyl (C=O) groups is 1. The van der Waals surface area contributed by atoms with Crippen LogP contribution in [0, 0.1) is 0 Å². The molecule has 1 heterocycles. The SMILES string of the molecule is CCOC(=O)C(C)(CCN1CCOC2CCCCC21)NC. The number of nitrogens with zero attached hydrogens (tertiary/aromatic N) is 1. The zero-order valence-corrected chi connectivity index (χ0v) is 13.7. The number of nitrogens with one attached hydrogen (secondary N) is 1. The third-order valence-corrected chi connectivity index (χ3v) is 5.02. The Hall–Kier alpha value is -0.650. The topological polar surface area (TPSA) is 50.8 Å². The number of rotatable bonds is 6. The van der Waals surface area contributed by atoms with Crippen molar-refractivity contribution in [1.82, 2.24) is 10.2 Å². The van der Waals surface area contributed by atoms with Gasteiger partial charge in [-0.05, 0) is 40.2 Å². The van der Waals surface area contributed by atoms with E-state index in [1.54, 1.807) is 0 Å². The van der Waals surface area contributed by atoms with E-state index in [0.717, 1.165) is 26.1 Å². The van der Waals surface area contributed by atoms with E-state index in [1.165, 1.54) is 25.7 Å². The maximum atomic E-state index is 12.1. The van der Waals surface area contributed by atoms with Crippen molar-refractivity contribution in [3.63, 3.8) is 0 Å². The van der Waals surface area contributed by atoms with Gasteiger partial charge in [0.15, 0.2) is 0 Å². The van der Waals surface area contributed by atoms with E-state index in [2.05, 4.69) is 10.2 Å². The van der Waals surface area contributed by atoms with Crippen LogP contribution in [-0.2, 0) is 14.3 Å². The molecule has 0 spiro atoms. The predicted molar refractivity (Wildman–Crippen MR) is 82.3 cm³/mol. The van der Waals surface area contributed by atoms with E-state index in [-0.39, 0.29) is 5.97 Å². The molecule has 3 unspecified atom stereocenters. The van der Waals surface area contributed by atoms with Crippen LogP contribution in [0.2, 0.25) is 0 Å². The van der Waals surface area contributed by atoms with Gasteiger partial charge in [-0.15, -0.1) is 0 Å². The van der Waals surface area contributed by atoms with Gasteiger partial charge in [0.25, 0.3) is 0 Å². The minimum Gasteiger partial charge on any atom is -0.465 e. The molecule has 2 aliphatic rings. The number of fused-ring (bicyclic) bond motifs is 1. The van der Waals surface area contributed by atoms with E-state index in [0.29, 0.717) is 18.8 Å². The molecule has 1 aliphatic carbocycles. The molecular weight excluding hydrogens is 268 g/mol. The number of esters is 1. The first-order chi connectivity index (χ1) is 10.1. The van der Waals surface area contributed by atoms with Gasteiger partial charge in [-0.2, -0.15) is 0 Å². The highest BCUT2D eigenvalue weighted by molar-refractivity contribution is 5.80. The first-order valence-electron chi connectivity index (χ1n) is 8.32. The Kier molecular flexibility index (Phi) is 6.02. The molecule has 0 bridgehead atoms. The second-order valence-electron chi connectivity index (χ2n) is 6.35. The van der Waals surface area contributed by atoms with E-state index in [4.69, 9.17) is 9.47 Å². The van der Waals surface area contributed by atoms with Crippen molar-refractivity contribution in [3.8, 4) is 0 Å². The summed E-state index contributed by atoms with van der Waals surface area (Å²) in [5, 5.41) is 3.14. The highest BCUT2D eigenvalue weighted by Gasteiger charge is 2.37. The Bertz CT molecular complexity index is 348. The quantitative estimate of drug-likeness (QED) is 0.754. The van der Waals surface area contributed by atoms with Gasteiger partial charge in [0, 0.05) is 19.1 Å². The second-order valence-corrected chi connectivity index (χ2v) is 6.35. The van der Waals surface area contributed by atoms with Crippen LogP contribution in [-0.4, -0.2) is 61.9 Å². The monoisotopic (exact) mass is 298 g/mol. The maximum Gasteiger partial charge on any atom is 0.326 e. The van der Waals surface area contributed by atoms with Gasteiger partial charge in [-0.3, -0.25) is 9.69 Å². The highest BCUT2D eigenvalue weighted by Crippen LogP contribution is 2.29. The molecule has 0 radical (unpaired) electrons. The Morgan fingerprint density at radius 3 is 2.90 bits per heavy atom. The lowest BCUT2D eigenvalue weighted by atomic mass is 9.89. The fraction of sp³-hybridized carbons (Fsp3) is 0.938. The van der Waals surface area contributed by atoms with Crippen LogP contribution in [0.5, 0.6) is 0 Å². The minimum atomic E-state index is -0.599. The summed E-state index contributed by atoms with van der Waals surface area (Å²) in [5.74, 6) is -0.152. The van der Waals surface area contributed by atoms with Crippen molar-refractivity contribution in [1.29, 1.82) is 0 Å². The molecule has 2 rings (SSSR count). The number of hydrogen-bond acceptors (Lipinski definition) is 5. The van der Waals surface area contributed by atoms with Crippen molar-refractivity contribution in [3.05, 3.63) is 0 Å². The molecule has 1 saturated carbocycles. The van der Waals surface area contributed by atoms with Crippen LogP contribution in [0.15, 0.2) is 0 Å². The van der Waals surface area contributed by atoms with Crippen molar-refractivity contribution >= 4 is 5.97 Å². The van der Waals surface area contributed by atoms with Gasteiger partial charge >= 0.3 is 5.97 Å². The molecule has 5 nitrogen and oxygen atoms in total. The van der Waals surface area contributed by atoms with E-state index >= 15 is 0 Å². The minimum absolute atomic E-state index is 0.152. The molecule has 21 heavy (non-hydrogen) atoms. The Morgan fingerprint density at radius 1 is 1.43 bits per heavy atom. The zero-order valence-electron chi connectivity index (χ0n) is 13.7. The third-order valence-electron chi connectivity index (χ3n) is 5.02. The van der Waals surface area contributed by atoms with Crippen LogP contribution < -0.4 is 5.32 Å². The number of carbonyl (C=O) groups excluding carboxylic acids is 1. The summed E-state index contributed by atoms with van der Waals surface area (Å²) in [7, 11) is 1.83. The van der Waals surface area contributed by atoms with Crippen LogP contribution in [0.1, 0.15) is 46.0 Å². The smallest absolute Gasteiger partial charge is 0.326 e. The van der Waals surface area contributed by atoms with Crippen molar-refractivity contribution in [2.75, 3.05) is 33.4 Å². The summed E-state index contributed by atoms with van der Waals surface area (Å²) >= 11 is 0. The summed E-state index contributed by atoms with van der Waals surface area (Å²) in [6.07, 6.45) is 6.15. The first kappa shape index (κ1) is 16.7. The van der Waals surface area contributed by atoms with Crippen LogP contribution >= 0.6 is 0 Å². The standard InChI is InChI=1S/C16H30N2O3/c1-4-20-15(19)16(2,17-3)9-10-18-11-12-21-14-8-6-5-7-13(14)18/h13-14,17H,4-12H2,1-3H3. The van der Waals surface area contributed by atoms with Crippen LogP contribution in [0.3, 0.4) is 0 Å². The molecule has 122 valence electrons. The van der Waals surface area contributed by atoms with Crippen LogP contribution in [0.25, 0.3) is 0 Å². The molecule has 5 heteroatoms. The number of hydrogen-bond donors (Lipinski definition) is 1. The van der Waals surface area contributed by atoms with Gasteiger partial charge in [-0.1, -0.05) is 12.8 Å². The molecule has 0 aromatic carbocycles. The lowest BCUT2D eigenvalue weighted by molar-refractivity contribution is -0.151. The average Bonchev–Trinajstić information content (AvgIpc) is 2.52. The normalized spacial score (nSPS) is 29.5. The lowest BCUT2D eigenvalue weighted by Crippen LogP contribution is -2.56. The van der Waals surface area contributed by atoms with Gasteiger partial charge in [-0.25, -0.2) is 0 Å². The number of morpholine rings is 1. The summed E-state index contributed by atoms with van der Waals surface area (Å²) in [6, 6.07) is 0.538. The van der Waals surface area contributed by atoms with Gasteiger partial charge in [0.05, 0.1) is 19.3 Å². The Labute approximate surface area is 128 Å². The molecule has 0 aromatic heterocycles. The molecule has 1 N–H and O–H groups in total. The van der Waals surface area contributed by atoms with Crippen molar-refractivity contribution in [2.45, 2.75) is 63.6 Å². The summed E-state index contributed by atoms with van der Waals surface area (Å²) in [4.78, 5) is 14.6. The van der Waals surface area contributed by atoms with Crippen molar-refractivity contribution < 1.29 is 14.3 Å². The summed E-state index contributed by atoms with van der Waals surface area (Å²) in [6.45, 7) is 6.92. The lowest BCUT2D eigenvalue weighted by Gasteiger charge is -2.44. The third kappa shape index (κ3) is 3.96. The molecule has 3 atom stereocenters. The molecule has 0 amide bonds. The van der Waals surface area contributed by atoms with Crippen LogP contribution in [0.4, 0.5) is 0 Å². The maximum absolute atomic E-state index is 12.1. The van der Waals surface area contributed by atoms with E-state index < -0.39 is 5.54 Å². The fourth-order valence-corrected chi connectivity index (χ4v) is 3.44. The van der Waals surface area contributed by atoms with E-state index in [1.807, 2.05) is 20.9 Å². The predicted octanol–water partition coefficient (Wildman–Crippen LogP) is 1.56. The molecular formula is C16H30N2O3. The molecule has 2 fully saturated rings. The molecule has 1 aliphatic heterocycles. The Balaban J connectivity index is 1.92. The zero-order chi connectivity index (χ0) is 15.3. The number of likely N-dealkylation sites (N-methyl/N-ethyl adjacent to an activating group) is 1. The highest BCUT2D eigenvalue weighted by atomic mass is 16.5. The summed E-state index contributed by atoms with van der Waals surface area (Å²) in [5.41, 5.74) is -0.599. The first-order valence-corrected chi connectivity index (χ1v) is 8.32. The fourth-order valence-electron chi connectivity index (χ4n) is 3.44. The van der Waals surface area contributed by atoms with Gasteiger partial charge in [0.1, 0.15) is 5.54 Å². The van der Waals surface area contributed by atoms with Crippen molar-refractivity contribution in [2.24, 2.45) is 0 Å². The van der Waals surface area contributed by atoms with E-state index in [9.17, 15) is 4.79 Å². The number of ether oxygens (including phenoxy) is 2. The second kappa shape index (κ2) is 7.56. The largest absolute Gasteiger partial charge is 0.465 e. The Morgan fingerprint density at radius 2 is 2.19 bits per heavy atom. The molecule has 0 aromatic rings.